The lowest BCUT2D eigenvalue weighted by Gasteiger charge is -2.04. The predicted molar refractivity (Wildman–Crippen MR) is 69.6 cm³/mol. The number of hydrogen-bond acceptors (Lipinski definition) is 4. The minimum absolute atomic E-state index is 0.0728. The van der Waals surface area contributed by atoms with Crippen LogP contribution in [0.4, 0.5) is 4.39 Å². The van der Waals surface area contributed by atoms with E-state index in [0.717, 1.165) is 21.1 Å². The first-order valence-corrected chi connectivity index (χ1v) is 6.38. The van der Waals surface area contributed by atoms with Crippen molar-refractivity contribution in [2.24, 2.45) is 0 Å². The van der Waals surface area contributed by atoms with Gasteiger partial charge in [-0.2, -0.15) is 0 Å². The van der Waals surface area contributed by atoms with Crippen LogP contribution < -0.4 is 4.74 Å². The molecule has 2 rings (SSSR count). The van der Waals surface area contributed by atoms with Gasteiger partial charge in [0.15, 0.2) is 11.6 Å². The molecule has 1 heterocycles. The third-order valence-electron chi connectivity index (χ3n) is 2.59. The standard InChI is InChI=1S/C13H14FNO2S/c1-8-13(15-12(18-8)5-6-16)9-3-4-11(17-2)10(14)7-9/h3-4,7,16H,5-6H2,1-2H3. The van der Waals surface area contributed by atoms with Crippen molar-refractivity contribution >= 4 is 11.3 Å². The van der Waals surface area contributed by atoms with Gasteiger partial charge in [-0.1, -0.05) is 0 Å². The molecule has 1 aromatic heterocycles. The molecule has 5 heteroatoms. The van der Waals surface area contributed by atoms with Crippen LogP contribution in [0.3, 0.4) is 0 Å². The van der Waals surface area contributed by atoms with Crippen molar-refractivity contribution in [3.05, 3.63) is 33.9 Å². The molecule has 0 atom stereocenters. The molecule has 0 radical (unpaired) electrons. The summed E-state index contributed by atoms with van der Waals surface area (Å²) < 4.78 is 18.5. The van der Waals surface area contributed by atoms with Gasteiger partial charge in [-0.3, -0.25) is 0 Å². The van der Waals surface area contributed by atoms with E-state index in [4.69, 9.17) is 9.84 Å². The molecule has 18 heavy (non-hydrogen) atoms. The fourth-order valence-corrected chi connectivity index (χ4v) is 2.68. The van der Waals surface area contributed by atoms with Crippen LogP contribution in [-0.4, -0.2) is 23.8 Å². The first-order chi connectivity index (χ1) is 8.65. The first-order valence-electron chi connectivity index (χ1n) is 5.56. The second kappa shape index (κ2) is 5.46. The monoisotopic (exact) mass is 267 g/mol. The number of aliphatic hydroxyl groups is 1. The third-order valence-corrected chi connectivity index (χ3v) is 3.62. The van der Waals surface area contributed by atoms with Gasteiger partial charge in [0, 0.05) is 23.5 Å². The number of rotatable bonds is 4. The Morgan fingerprint density at radius 3 is 2.83 bits per heavy atom. The highest BCUT2D eigenvalue weighted by Gasteiger charge is 2.12. The summed E-state index contributed by atoms with van der Waals surface area (Å²) in [6, 6.07) is 4.80. The molecule has 96 valence electrons. The normalized spacial score (nSPS) is 10.7. The fourth-order valence-electron chi connectivity index (χ4n) is 1.74. The molecule has 1 N–H and O–H groups in total. The quantitative estimate of drug-likeness (QED) is 0.926. The van der Waals surface area contributed by atoms with Gasteiger partial charge in [-0.05, 0) is 25.1 Å². The maximum Gasteiger partial charge on any atom is 0.165 e. The minimum Gasteiger partial charge on any atom is -0.494 e. The van der Waals surface area contributed by atoms with Crippen molar-refractivity contribution in [2.45, 2.75) is 13.3 Å². The van der Waals surface area contributed by atoms with E-state index < -0.39 is 5.82 Å². The molecule has 0 aliphatic carbocycles. The van der Waals surface area contributed by atoms with E-state index in [1.165, 1.54) is 24.5 Å². The Bertz CT molecular complexity index is 554. The van der Waals surface area contributed by atoms with Crippen molar-refractivity contribution in [2.75, 3.05) is 13.7 Å². The number of methoxy groups -OCH3 is 1. The molecule has 0 saturated carbocycles. The van der Waals surface area contributed by atoms with Crippen molar-refractivity contribution in [3.8, 4) is 17.0 Å². The molecule has 0 amide bonds. The third kappa shape index (κ3) is 2.52. The average molecular weight is 267 g/mol. The molecule has 0 aliphatic heterocycles. The molecule has 3 nitrogen and oxygen atoms in total. The molecule has 0 unspecified atom stereocenters. The predicted octanol–water partition coefficient (Wildman–Crippen LogP) is 2.80. The van der Waals surface area contributed by atoms with E-state index in [1.807, 2.05) is 6.92 Å². The first kappa shape index (κ1) is 13.0. The van der Waals surface area contributed by atoms with Crippen LogP contribution in [0.1, 0.15) is 9.88 Å². The zero-order chi connectivity index (χ0) is 13.1. The number of halogens is 1. The summed E-state index contributed by atoms with van der Waals surface area (Å²) in [5.41, 5.74) is 1.50. The average Bonchev–Trinajstić information content (AvgIpc) is 2.71. The Kier molecular flexibility index (Phi) is 3.93. The van der Waals surface area contributed by atoms with Crippen LogP contribution in [0.15, 0.2) is 18.2 Å². The lowest BCUT2D eigenvalue weighted by Crippen LogP contribution is -1.91. The summed E-state index contributed by atoms with van der Waals surface area (Å²) in [6.45, 7) is 2.01. The van der Waals surface area contributed by atoms with Gasteiger partial charge >= 0.3 is 0 Å². The van der Waals surface area contributed by atoms with Crippen LogP contribution in [0, 0.1) is 12.7 Å². The summed E-state index contributed by atoms with van der Waals surface area (Å²) in [7, 11) is 1.44. The van der Waals surface area contributed by atoms with Gasteiger partial charge in [0.25, 0.3) is 0 Å². The highest BCUT2D eigenvalue weighted by molar-refractivity contribution is 7.12. The van der Waals surface area contributed by atoms with Crippen LogP contribution in [0.5, 0.6) is 5.75 Å². The maximum absolute atomic E-state index is 13.6. The van der Waals surface area contributed by atoms with E-state index in [9.17, 15) is 4.39 Å². The minimum atomic E-state index is -0.397. The lowest BCUT2D eigenvalue weighted by atomic mass is 10.1. The van der Waals surface area contributed by atoms with Gasteiger partial charge in [0.05, 0.1) is 17.8 Å². The Hall–Kier alpha value is -1.46. The van der Waals surface area contributed by atoms with Gasteiger partial charge in [-0.25, -0.2) is 9.37 Å². The number of nitrogens with zero attached hydrogens (tertiary/aromatic N) is 1. The molecule has 0 aliphatic rings. The Morgan fingerprint density at radius 1 is 1.44 bits per heavy atom. The lowest BCUT2D eigenvalue weighted by molar-refractivity contribution is 0.299. The molecule has 0 saturated heterocycles. The van der Waals surface area contributed by atoms with Gasteiger partial charge in [-0.15, -0.1) is 11.3 Å². The van der Waals surface area contributed by atoms with Gasteiger partial charge < -0.3 is 9.84 Å². The molecule has 1 aromatic carbocycles. The van der Waals surface area contributed by atoms with Crippen molar-refractivity contribution < 1.29 is 14.2 Å². The largest absolute Gasteiger partial charge is 0.494 e. The maximum atomic E-state index is 13.6. The van der Waals surface area contributed by atoms with Crippen molar-refractivity contribution in [1.82, 2.24) is 4.98 Å². The fraction of sp³-hybridized carbons (Fsp3) is 0.308. The number of aliphatic hydroxyl groups excluding tert-OH is 1. The number of benzene rings is 1. The zero-order valence-corrected chi connectivity index (χ0v) is 11.1. The molecule has 0 bridgehead atoms. The van der Waals surface area contributed by atoms with E-state index in [2.05, 4.69) is 4.98 Å². The van der Waals surface area contributed by atoms with E-state index >= 15 is 0 Å². The zero-order valence-electron chi connectivity index (χ0n) is 10.2. The van der Waals surface area contributed by atoms with E-state index in [1.54, 1.807) is 12.1 Å². The summed E-state index contributed by atoms with van der Waals surface area (Å²) in [5, 5.41) is 9.76. The van der Waals surface area contributed by atoms with Crippen LogP contribution >= 0.6 is 11.3 Å². The Morgan fingerprint density at radius 2 is 2.22 bits per heavy atom. The molecular weight excluding hydrogens is 253 g/mol. The number of aryl methyl sites for hydroxylation is 1. The highest BCUT2D eigenvalue weighted by Crippen LogP contribution is 2.30. The number of hydrogen-bond donors (Lipinski definition) is 1. The van der Waals surface area contributed by atoms with Crippen molar-refractivity contribution in [1.29, 1.82) is 0 Å². The van der Waals surface area contributed by atoms with Gasteiger partial charge in [0.2, 0.25) is 0 Å². The molecular formula is C13H14FNO2S. The summed E-state index contributed by atoms with van der Waals surface area (Å²) in [4.78, 5) is 5.43. The SMILES string of the molecule is COc1ccc(-c2nc(CCO)sc2C)cc1F. The summed E-state index contributed by atoms with van der Waals surface area (Å²) in [6.07, 6.45) is 0.532. The Labute approximate surface area is 109 Å². The number of aromatic nitrogens is 1. The van der Waals surface area contributed by atoms with E-state index in [0.29, 0.717) is 6.42 Å². The molecule has 2 aromatic rings. The van der Waals surface area contributed by atoms with Crippen LogP contribution in [-0.2, 0) is 6.42 Å². The van der Waals surface area contributed by atoms with Crippen LogP contribution in [0.2, 0.25) is 0 Å². The summed E-state index contributed by atoms with van der Waals surface area (Å²) in [5.74, 6) is -0.173. The van der Waals surface area contributed by atoms with Gasteiger partial charge in [0.1, 0.15) is 0 Å². The summed E-state index contributed by atoms with van der Waals surface area (Å²) >= 11 is 1.52. The molecule has 0 spiro atoms. The van der Waals surface area contributed by atoms with Crippen molar-refractivity contribution in [3.63, 3.8) is 0 Å². The Balaban J connectivity index is 2.39. The number of ether oxygens (including phenoxy) is 1. The smallest absolute Gasteiger partial charge is 0.165 e. The highest BCUT2D eigenvalue weighted by atomic mass is 32.1. The number of thiazole rings is 1. The second-order valence-electron chi connectivity index (χ2n) is 3.84. The van der Waals surface area contributed by atoms with E-state index in [-0.39, 0.29) is 12.4 Å². The second-order valence-corrected chi connectivity index (χ2v) is 5.12. The van der Waals surface area contributed by atoms with Crippen LogP contribution in [0.25, 0.3) is 11.3 Å². The molecule has 0 fully saturated rings. The topological polar surface area (TPSA) is 42.4 Å².